The molecule has 7 nitrogen and oxygen atoms in total. The lowest BCUT2D eigenvalue weighted by molar-refractivity contribution is -0.204. The fourth-order valence-corrected chi connectivity index (χ4v) is 6.00. The van der Waals surface area contributed by atoms with E-state index in [1.807, 2.05) is 48.5 Å². The maximum atomic E-state index is 14.1. The Bertz CT molecular complexity index is 1310. The smallest absolute Gasteiger partial charge is 0.408 e. The predicted molar refractivity (Wildman–Crippen MR) is 143 cm³/mol. The van der Waals surface area contributed by atoms with Crippen LogP contribution in [-0.4, -0.2) is 58.9 Å². The monoisotopic (exact) mass is 573 g/mol. The Morgan fingerprint density at radius 3 is 2.50 bits per heavy atom. The van der Waals surface area contributed by atoms with Gasteiger partial charge in [0.1, 0.15) is 12.6 Å². The largest absolute Gasteiger partial charge is 0.426 e. The van der Waals surface area contributed by atoms with E-state index in [1.54, 1.807) is 47.9 Å². The van der Waals surface area contributed by atoms with Crippen molar-refractivity contribution in [2.24, 2.45) is 5.92 Å². The number of esters is 1. The molecule has 1 fully saturated rings. The van der Waals surface area contributed by atoms with Crippen molar-refractivity contribution < 1.29 is 32.2 Å². The third kappa shape index (κ3) is 5.37. The van der Waals surface area contributed by atoms with Crippen LogP contribution in [0.1, 0.15) is 43.5 Å². The molecule has 1 amide bonds. The van der Waals surface area contributed by atoms with Crippen molar-refractivity contribution in [3.63, 3.8) is 0 Å². The highest BCUT2D eigenvalue weighted by Crippen LogP contribution is 2.45. The summed E-state index contributed by atoms with van der Waals surface area (Å²) in [6.45, 7) is 3.79. The number of halogens is 3. The van der Waals surface area contributed by atoms with Gasteiger partial charge in [-0.15, -0.1) is 11.8 Å². The molecule has 0 N–H and O–H groups in total. The Labute approximate surface area is 235 Å². The summed E-state index contributed by atoms with van der Waals surface area (Å²) in [6, 6.07) is 13.0. The Kier molecular flexibility index (Phi) is 7.98. The highest BCUT2D eigenvalue weighted by molar-refractivity contribution is 7.98. The van der Waals surface area contributed by atoms with Gasteiger partial charge in [0.15, 0.2) is 11.5 Å². The molecule has 0 saturated carbocycles. The summed E-state index contributed by atoms with van der Waals surface area (Å²) in [6.07, 6.45) is -1.39. The van der Waals surface area contributed by atoms with E-state index in [2.05, 4.69) is 0 Å². The van der Waals surface area contributed by atoms with Gasteiger partial charge in [-0.2, -0.15) is 18.2 Å². The molecule has 3 heterocycles. The van der Waals surface area contributed by atoms with Gasteiger partial charge < -0.3 is 14.4 Å². The average Bonchev–Trinajstić information content (AvgIpc) is 3.07. The van der Waals surface area contributed by atoms with E-state index >= 15 is 0 Å². The van der Waals surface area contributed by atoms with Gasteiger partial charge in [-0.3, -0.25) is 14.6 Å². The van der Waals surface area contributed by atoms with Gasteiger partial charge >= 0.3 is 12.1 Å². The molecule has 212 valence electrons. The van der Waals surface area contributed by atoms with Crippen molar-refractivity contribution >= 4 is 23.6 Å². The minimum atomic E-state index is -4.68. The number of hydrogen-bond donors (Lipinski definition) is 0. The van der Waals surface area contributed by atoms with Crippen molar-refractivity contribution in [1.29, 1.82) is 0 Å². The van der Waals surface area contributed by atoms with Crippen LogP contribution < -0.4 is 0 Å². The third-order valence-electron chi connectivity index (χ3n) is 7.11. The second-order valence-corrected chi connectivity index (χ2v) is 11.1. The molecule has 0 aliphatic carbocycles. The highest BCUT2D eigenvalue weighted by Gasteiger charge is 2.50. The SMILES string of the molecule is CC(C)C(=O)O/C1=C2\C(=O)N([C@H](C)C(F)(F)F)CN([C@H]3c4ccccc4CSc4ccccc43)N2/C=C\COC1. The molecular formula is C29H30F3N3O4S. The van der Waals surface area contributed by atoms with Crippen molar-refractivity contribution in [3.05, 3.63) is 89.0 Å². The van der Waals surface area contributed by atoms with Crippen LogP contribution in [0.5, 0.6) is 0 Å². The molecule has 3 aliphatic heterocycles. The van der Waals surface area contributed by atoms with Crippen LogP contribution in [0.3, 0.4) is 0 Å². The van der Waals surface area contributed by atoms with Crippen molar-refractivity contribution in [2.75, 3.05) is 19.9 Å². The fourth-order valence-electron chi connectivity index (χ4n) is 4.90. The number of carbonyl (C=O) groups excluding carboxylic acids is 2. The fraction of sp³-hybridized carbons (Fsp3) is 0.379. The summed E-state index contributed by atoms with van der Waals surface area (Å²) in [5.41, 5.74) is 2.68. The minimum absolute atomic E-state index is 0.123. The molecule has 3 aliphatic rings. The molecule has 40 heavy (non-hydrogen) atoms. The summed E-state index contributed by atoms with van der Waals surface area (Å²) in [4.78, 5) is 28.3. The van der Waals surface area contributed by atoms with Crippen molar-refractivity contribution in [2.45, 2.75) is 49.7 Å². The van der Waals surface area contributed by atoms with Crippen LogP contribution in [0.2, 0.25) is 0 Å². The number of amides is 1. The van der Waals surface area contributed by atoms with Crippen molar-refractivity contribution in [3.8, 4) is 0 Å². The lowest BCUT2D eigenvalue weighted by atomic mass is 9.94. The number of carbonyl (C=O) groups is 2. The number of fused-ring (bicyclic) bond motifs is 3. The lowest BCUT2D eigenvalue weighted by Crippen LogP contribution is -2.62. The van der Waals surface area contributed by atoms with E-state index in [1.165, 1.54) is 0 Å². The summed E-state index contributed by atoms with van der Waals surface area (Å²) in [5.74, 6) is -1.48. The van der Waals surface area contributed by atoms with Gasteiger partial charge in [-0.1, -0.05) is 56.3 Å². The third-order valence-corrected chi connectivity index (χ3v) is 8.24. The molecule has 1 saturated heterocycles. The summed E-state index contributed by atoms with van der Waals surface area (Å²) in [5, 5.41) is 3.29. The summed E-state index contributed by atoms with van der Waals surface area (Å²) < 4.78 is 53.6. The number of ether oxygens (including phenoxy) is 2. The second-order valence-electron chi connectivity index (χ2n) is 10.1. The van der Waals surface area contributed by atoms with E-state index in [0.717, 1.165) is 33.4 Å². The van der Waals surface area contributed by atoms with Crippen LogP contribution in [-0.2, 0) is 24.8 Å². The first-order valence-corrected chi connectivity index (χ1v) is 14.0. The Hall–Kier alpha value is -3.28. The average molecular weight is 574 g/mol. The summed E-state index contributed by atoms with van der Waals surface area (Å²) >= 11 is 1.66. The molecule has 2 aromatic rings. The number of hydrazine groups is 1. The zero-order valence-corrected chi connectivity index (χ0v) is 23.2. The van der Waals surface area contributed by atoms with E-state index in [0.29, 0.717) is 5.75 Å². The molecule has 5 rings (SSSR count). The normalized spacial score (nSPS) is 23.4. The second kappa shape index (κ2) is 11.3. The van der Waals surface area contributed by atoms with E-state index in [9.17, 15) is 22.8 Å². The highest BCUT2D eigenvalue weighted by atomic mass is 32.2. The number of nitrogens with zero attached hydrogens (tertiary/aromatic N) is 3. The van der Waals surface area contributed by atoms with Crippen LogP contribution in [0.25, 0.3) is 0 Å². The quantitative estimate of drug-likeness (QED) is 0.441. The molecule has 0 unspecified atom stereocenters. The number of thioether (sulfide) groups is 1. The Morgan fingerprint density at radius 2 is 1.77 bits per heavy atom. The van der Waals surface area contributed by atoms with Gasteiger partial charge in [-0.05, 0) is 35.8 Å². The van der Waals surface area contributed by atoms with Gasteiger partial charge in [0.2, 0.25) is 0 Å². The number of rotatable bonds is 4. The molecule has 2 atom stereocenters. The molecular weight excluding hydrogens is 543 g/mol. The van der Waals surface area contributed by atoms with Gasteiger partial charge in [0.25, 0.3) is 5.91 Å². The standard InChI is InChI=1S/C29H30F3N3O4S/c1-18(2)28(37)39-23-15-38-14-8-13-34-26(23)27(36)33(19(3)29(30,31)32)17-35(34)25-21-10-5-4-9-20(21)16-40-24-12-7-6-11-22(24)25/h4-13,18-19,25H,14-17H2,1-3H3/b13-8-,26-23+/t19-,25+/m1/s1. The molecule has 2 aromatic carbocycles. The molecule has 0 aromatic heterocycles. The van der Waals surface area contributed by atoms with E-state index in [4.69, 9.17) is 9.47 Å². The van der Waals surface area contributed by atoms with Crippen LogP contribution in [0.4, 0.5) is 13.2 Å². The minimum Gasteiger partial charge on any atom is -0.426 e. The first-order valence-electron chi connectivity index (χ1n) is 13.0. The lowest BCUT2D eigenvalue weighted by Gasteiger charge is -2.49. The van der Waals surface area contributed by atoms with Gasteiger partial charge in [0, 0.05) is 16.8 Å². The predicted octanol–water partition coefficient (Wildman–Crippen LogP) is 5.61. The number of benzene rings is 2. The van der Waals surface area contributed by atoms with Gasteiger partial charge in [0.05, 0.1) is 25.2 Å². The maximum Gasteiger partial charge on any atom is 0.408 e. The van der Waals surface area contributed by atoms with Crippen LogP contribution in [0.15, 0.2) is 77.2 Å². The zero-order valence-electron chi connectivity index (χ0n) is 22.4. The first kappa shape index (κ1) is 28.3. The Morgan fingerprint density at radius 1 is 1.07 bits per heavy atom. The van der Waals surface area contributed by atoms with E-state index in [-0.39, 0.29) is 31.3 Å². The molecule has 11 heteroatoms. The van der Waals surface area contributed by atoms with E-state index < -0.39 is 36.1 Å². The number of alkyl halides is 3. The van der Waals surface area contributed by atoms with Crippen molar-refractivity contribution in [1.82, 2.24) is 14.9 Å². The zero-order chi connectivity index (χ0) is 28.6. The van der Waals surface area contributed by atoms with Crippen LogP contribution >= 0.6 is 11.8 Å². The first-order chi connectivity index (χ1) is 19.1. The maximum absolute atomic E-state index is 14.1. The molecule has 0 radical (unpaired) electrons. The number of hydrogen-bond acceptors (Lipinski definition) is 7. The topological polar surface area (TPSA) is 62.3 Å². The van der Waals surface area contributed by atoms with Gasteiger partial charge in [-0.25, -0.2) is 0 Å². The Balaban J connectivity index is 1.74. The van der Waals surface area contributed by atoms with Crippen LogP contribution in [0, 0.1) is 5.92 Å². The molecule has 0 spiro atoms. The molecule has 0 bridgehead atoms. The summed E-state index contributed by atoms with van der Waals surface area (Å²) in [7, 11) is 0.